The summed E-state index contributed by atoms with van der Waals surface area (Å²) < 4.78 is 27.2. The highest BCUT2D eigenvalue weighted by Crippen LogP contribution is 2.10. The molecule has 6 N–H and O–H groups in total. The van der Waals surface area contributed by atoms with E-state index in [1.165, 1.54) is 0 Å². The first-order valence-corrected chi connectivity index (χ1v) is 15.9. The van der Waals surface area contributed by atoms with Crippen LogP contribution in [0.3, 0.4) is 0 Å². The molecule has 0 saturated heterocycles. The third-order valence-electron chi connectivity index (χ3n) is 6.67. The second-order valence-corrected chi connectivity index (χ2v) is 11.0. The van der Waals surface area contributed by atoms with Gasteiger partial charge in [-0.25, -0.2) is 0 Å². The van der Waals surface area contributed by atoms with Crippen molar-refractivity contribution in [3.63, 3.8) is 0 Å². The fourth-order valence-electron chi connectivity index (χ4n) is 4.14. The summed E-state index contributed by atoms with van der Waals surface area (Å²) in [5, 5.41) is 16.7. The first-order valence-electron chi connectivity index (χ1n) is 15.9. The van der Waals surface area contributed by atoms with Crippen LogP contribution in [-0.4, -0.2) is 119 Å². The minimum Gasteiger partial charge on any atom is -0.481 e. The van der Waals surface area contributed by atoms with Crippen molar-refractivity contribution in [3.05, 3.63) is 0 Å². The van der Waals surface area contributed by atoms with Gasteiger partial charge in [0.15, 0.2) is 0 Å². The molecule has 0 heterocycles. The van der Waals surface area contributed by atoms with Gasteiger partial charge in [-0.05, 0) is 31.6 Å². The molecule has 262 valence electrons. The number of aliphatic carboxylic acids is 1. The van der Waals surface area contributed by atoms with Crippen LogP contribution >= 0.6 is 0 Å². The zero-order chi connectivity index (χ0) is 34.0. The number of rotatable bonds is 26. The molecule has 15 nitrogen and oxygen atoms in total. The van der Waals surface area contributed by atoms with Crippen LogP contribution < -0.4 is 21.7 Å². The third kappa shape index (κ3) is 21.4. The van der Waals surface area contributed by atoms with Crippen LogP contribution in [0.25, 0.3) is 0 Å². The number of carboxylic acids is 1. The van der Waals surface area contributed by atoms with E-state index < -0.39 is 35.8 Å². The molecule has 1 aliphatic rings. The molecule has 0 aliphatic heterocycles. The van der Waals surface area contributed by atoms with Gasteiger partial charge in [-0.2, -0.15) is 0 Å². The second kappa shape index (κ2) is 25.9. The molecular formula is C31H52N4O11. The van der Waals surface area contributed by atoms with Crippen LogP contribution in [0.4, 0.5) is 0 Å². The molecule has 0 radical (unpaired) electrons. The maximum atomic E-state index is 12.6. The number of nitrogens with one attached hydrogen (secondary N) is 3. The van der Waals surface area contributed by atoms with E-state index >= 15 is 0 Å². The molecule has 0 aromatic carbocycles. The molecule has 46 heavy (non-hydrogen) atoms. The van der Waals surface area contributed by atoms with Crippen LogP contribution in [0.5, 0.6) is 0 Å². The van der Waals surface area contributed by atoms with Crippen LogP contribution in [0, 0.1) is 17.8 Å². The average molecular weight is 657 g/mol. The number of carboxylic acid groups (broad SMARTS) is 1. The minimum absolute atomic E-state index is 0.0146. The molecule has 0 aromatic rings. The third-order valence-corrected chi connectivity index (χ3v) is 6.67. The zero-order valence-electron chi connectivity index (χ0n) is 27.1. The molecule has 0 bridgehead atoms. The maximum absolute atomic E-state index is 12.6. The summed E-state index contributed by atoms with van der Waals surface area (Å²) >= 11 is 0. The Hall–Kier alpha value is -3.29. The average Bonchev–Trinajstić information content (AvgIpc) is 2.98. The van der Waals surface area contributed by atoms with E-state index in [0.29, 0.717) is 39.6 Å². The number of amides is 4. The molecule has 15 heteroatoms. The van der Waals surface area contributed by atoms with E-state index in [1.807, 2.05) is 0 Å². The fraction of sp³-hybridized carbons (Fsp3) is 0.774. The normalized spacial score (nSPS) is 15.8. The molecule has 1 aliphatic carbocycles. The Kier molecular flexibility index (Phi) is 22.9. The lowest BCUT2D eigenvalue weighted by molar-refractivity contribution is -0.138. The molecule has 0 spiro atoms. The van der Waals surface area contributed by atoms with E-state index in [4.69, 9.17) is 34.5 Å². The lowest BCUT2D eigenvalue weighted by atomic mass is 10.0. The monoisotopic (exact) mass is 656 g/mol. The molecule has 0 fully saturated rings. The summed E-state index contributed by atoms with van der Waals surface area (Å²) in [7, 11) is 0. The Morgan fingerprint density at radius 2 is 1.46 bits per heavy atom. The van der Waals surface area contributed by atoms with Crippen LogP contribution in [0.2, 0.25) is 0 Å². The number of primary amides is 1. The quantitative estimate of drug-likeness (QED) is 0.0612. The number of carbonyl (C=O) groups excluding carboxylic acids is 4. The van der Waals surface area contributed by atoms with Crippen LogP contribution in [0.15, 0.2) is 0 Å². The predicted octanol–water partition coefficient (Wildman–Crippen LogP) is -0.112. The molecule has 4 amide bonds. The number of ether oxygens (including phenoxy) is 5. The number of hydrogen-bond acceptors (Lipinski definition) is 10. The van der Waals surface area contributed by atoms with Crippen molar-refractivity contribution in [1.82, 2.24) is 16.0 Å². The topological polar surface area (TPSA) is 214 Å². The lowest BCUT2D eigenvalue weighted by Gasteiger charge is -2.23. The Morgan fingerprint density at radius 3 is 2.07 bits per heavy atom. The first kappa shape index (κ1) is 40.7. The molecule has 0 saturated carbocycles. The van der Waals surface area contributed by atoms with Gasteiger partial charge in [0.25, 0.3) is 0 Å². The SMILES string of the molecule is CC(C)[C@H](NC(=O)[C@H](CCC(=O)O)NC(=O)CCOCCOCCOCCOCCNC(=O)COC1C#CCCCCC1)C(N)=O. The van der Waals surface area contributed by atoms with E-state index in [1.54, 1.807) is 13.8 Å². The predicted molar refractivity (Wildman–Crippen MR) is 166 cm³/mol. The standard InChI is InChI=1S/C31H52N4O11/c1-23(2)29(30(32)40)35-31(41)25(10-11-28(38)39)34-26(36)12-14-42-16-18-44-20-21-45-19-17-43-15-13-33-27(37)22-46-24-8-6-4-3-5-7-9-24/h23-25,29H,3-6,8,10-22H2,1-2H3,(H2,32,40)(H,33,37)(H,34,36)(H,35,41)(H,38,39)/t24?,25-,29-/m0/s1. The van der Waals surface area contributed by atoms with Crippen LogP contribution in [0.1, 0.15) is 65.2 Å². The maximum Gasteiger partial charge on any atom is 0.303 e. The van der Waals surface area contributed by atoms with Crippen molar-refractivity contribution < 1.29 is 52.8 Å². The van der Waals surface area contributed by atoms with E-state index in [0.717, 1.165) is 32.1 Å². The molecule has 0 aromatic heterocycles. The summed E-state index contributed by atoms with van der Waals surface area (Å²) in [5.41, 5.74) is 5.32. The second-order valence-electron chi connectivity index (χ2n) is 11.0. The largest absolute Gasteiger partial charge is 0.481 e. The van der Waals surface area contributed by atoms with Gasteiger partial charge in [0.2, 0.25) is 23.6 Å². The number of carbonyl (C=O) groups is 5. The van der Waals surface area contributed by atoms with Gasteiger partial charge in [-0.15, -0.1) is 5.92 Å². The van der Waals surface area contributed by atoms with Crippen molar-refractivity contribution in [3.8, 4) is 11.8 Å². The van der Waals surface area contributed by atoms with E-state index in [-0.39, 0.29) is 63.6 Å². The number of nitrogens with two attached hydrogens (primary N) is 1. The van der Waals surface area contributed by atoms with Gasteiger partial charge in [0, 0.05) is 25.8 Å². The summed E-state index contributed by atoms with van der Waals surface area (Å²) in [4.78, 5) is 59.4. The molecule has 1 rings (SSSR count). The van der Waals surface area contributed by atoms with Gasteiger partial charge in [0.05, 0.1) is 52.9 Å². The highest BCUT2D eigenvalue weighted by Gasteiger charge is 2.27. The van der Waals surface area contributed by atoms with Gasteiger partial charge in [-0.3, -0.25) is 24.0 Å². The Labute approximate surface area is 271 Å². The Bertz CT molecular complexity index is 983. The highest BCUT2D eigenvalue weighted by molar-refractivity contribution is 5.92. The Balaban J connectivity index is 2.03. The van der Waals surface area contributed by atoms with Crippen molar-refractivity contribution in [1.29, 1.82) is 0 Å². The number of hydrogen-bond donors (Lipinski definition) is 5. The Morgan fingerprint density at radius 1 is 0.826 bits per heavy atom. The first-order chi connectivity index (χ1) is 22.1. The zero-order valence-corrected chi connectivity index (χ0v) is 27.1. The van der Waals surface area contributed by atoms with Crippen LogP contribution in [-0.2, 0) is 47.7 Å². The smallest absolute Gasteiger partial charge is 0.303 e. The summed E-state index contributed by atoms with van der Waals surface area (Å²) in [6.07, 6.45) is 4.33. The minimum atomic E-state index is -1.14. The molecular weight excluding hydrogens is 604 g/mol. The van der Waals surface area contributed by atoms with Crippen molar-refractivity contribution in [2.24, 2.45) is 11.7 Å². The van der Waals surface area contributed by atoms with Crippen molar-refractivity contribution in [2.45, 2.75) is 83.4 Å². The molecule has 3 atom stereocenters. The van der Waals surface area contributed by atoms with Gasteiger partial charge in [-0.1, -0.05) is 26.2 Å². The van der Waals surface area contributed by atoms with Gasteiger partial charge >= 0.3 is 5.97 Å². The van der Waals surface area contributed by atoms with Gasteiger partial charge < -0.3 is 50.5 Å². The van der Waals surface area contributed by atoms with E-state index in [9.17, 15) is 24.0 Å². The summed E-state index contributed by atoms with van der Waals surface area (Å²) in [5.74, 6) is 2.64. The van der Waals surface area contributed by atoms with Gasteiger partial charge in [0.1, 0.15) is 24.8 Å². The summed E-state index contributed by atoms with van der Waals surface area (Å²) in [6.45, 7) is 6.14. The van der Waals surface area contributed by atoms with Crippen molar-refractivity contribution in [2.75, 3.05) is 66.0 Å². The molecule has 1 unspecified atom stereocenters. The fourth-order valence-corrected chi connectivity index (χ4v) is 4.14. The lowest BCUT2D eigenvalue weighted by Crippen LogP contribution is -2.54. The van der Waals surface area contributed by atoms with Crippen molar-refractivity contribution >= 4 is 29.6 Å². The summed E-state index contributed by atoms with van der Waals surface area (Å²) in [6, 6.07) is -2.09. The van der Waals surface area contributed by atoms with E-state index in [2.05, 4.69) is 27.8 Å². The highest BCUT2D eigenvalue weighted by atomic mass is 16.6.